The maximum absolute atomic E-state index is 9.09. The van der Waals surface area contributed by atoms with Gasteiger partial charge in [0.05, 0.1) is 12.1 Å². The second-order valence-corrected chi connectivity index (χ2v) is 6.21. The highest BCUT2D eigenvalue weighted by Gasteiger charge is 2.21. The third-order valence-electron chi connectivity index (χ3n) is 4.00. The Bertz CT molecular complexity index is 259. The lowest BCUT2D eigenvalue weighted by atomic mass is 9.86. The summed E-state index contributed by atoms with van der Waals surface area (Å²) in [7, 11) is 0. The number of nitriles is 1. The molecule has 0 radical (unpaired) electrons. The minimum Gasteiger partial charge on any atom is -0.303 e. The normalized spacial score (nSPS) is 20.3. The van der Waals surface area contributed by atoms with Crippen molar-refractivity contribution in [1.82, 2.24) is 10.2 Å². The highest BCUT2D eigenvalue weighted by Crippen LogP contribution is 2.24. The summed E-state index contributed by atoms with van der Waals surface area (Å²) in [6.07, 6.45) is 3.60. The van der Waals surface area contributed by atoms with Crippen molar-refractivity contribution in [3.05, 3.63) is 0 Å². The van der Waals surface area contributed by atoms with Gasteiger partial charge in [0.25, 0.3) is 0 Å². The molecule has 1 atom stereocenters. The summed E-state index contributed by atoms with van der Waals surface area (Å²) >= 11 is 0. The predicted octanol–water partition coefficient (Wildman–Crippen LogP) is 2.63. The zero-order valence-electron chi connectivity index (χ0n) is 12.4. The molecular formula is C15H29N3. The van der Waals surface area contributed by atoms with Crippen LogP contribution in [0.1, 0.15) is 47.0 Å². The van der Waals surface area contributed by atoms with Gasteiger partial charge in [0.2, 0.25) is 0 Å². The first kappa shape index (κ1) is 15.5. The lowest BCUT2D eigenvalue weighted by Gasteiger charge is -2.34. The number of likely N-dealkylation sites (tertiary alicyclic amines) is 1. The van der Waals surface area contributed by atoms with E-state index in [4.69, 9.17) is 5.26 Å². The number of piperidine rings is 1. The van der Waals surface area contributed by atoms with Crippen LogP contribution in [0.3, 0.4) is 0 Å². The first-order valence-electron chi connectivity index (χ1n) is 7.41. The molecule has 1 unspecified atom stereocenters. The molecule has 1 heterocycles. The summed E-state index contributed by atoms with van der Waals surface area (Å²) in [4.78, 5) is 2.52. The van der Waals surface area contributed by atoms with Crippen molar-refractivity contribution in [2.24, 2.45) is 11.8 Å². The van der Waals surface area contributed by atoms with Crippen LogP contribution in [0.5, 0.6) is 0 Å². The minimum absolute atomic E-state index is 0.00724. The lowest BCUT2D eigenvalue weighted by Crippen LogP contribution is -2.40. The fraction of sp³-hybridized carbons (Fsp3) is 0.933. The third kappa shape index (κ3) is 5.37. The van der Waals surface area contributed by atoms with E-state index in [1.54, 1.807) is 0 Å². The number of nitrogens with one attached hydrogen (secondary N) is 1. The third-order valence-corrected chi connectivity index (χ3v) is 4.00. The molecule has 1 N–H and O–H groups in total. The van der Waals surface area contributed by atoms with Gasteiger partial charge in [-0.25, -0.2) is 0 Å². The van der Waals surface area contributed by atoms with Crippen molar-refractivity contribution in [2.75, 3.05) is 19.6 Å². The van der Waals surface area contributed by atoms with Crippen molar-refractivity contribution in [3.8, 4) is 6.07 Å². The highest BCUT2D eigenvalue weighted by atomic mass is 15.1. The Balaban J connectivity index is 2.23. The molecule has 3 nitrogen and oxygen atoms in total. The van der Waals surface area contributed by atoms with Gasteiger partial charge in [-0.05, 0) is 58.0 Å². The van der Waals surface area contributed by atoms with Crippen molar-refractivity contribution in [2.45, 2.75) is 59.0 Å². The van der Waals surface area contributed by atoms with E-state index in [1.807, 2.05) is 0 Å². The Labute approximate surface area is 113 Å². The zero-order valence-corrected chi connectivity index (χ0v) is 12.4. The Morgan fingerprint density at radius 2 is 1.83 bits per heavy atom. The van der Waals surface area contributed by atoms with Gasteiger partial charge >= 0.3 is 0 Å². The average Bonchev–Trinajstić information content (AvgIpc) is 2.34. The first-order valence-corrected chi connectivity index (χ1v) is 7.41. The molecule has 3 heteroatoms. The Morgan fingerprint density at radius 3 is 2.28 bits per heavy atom. The molecule has 1 aliphatic rings. The number of hydrogen-bond acceptors (Lipinski definition) is 3. The van der Waals surface area contributed by atoms with E-state index in [-0.39, 0.29) is 6.04 Å². The highest BCUT2D eigenvalue weighted by molar-refractivity contribution is 4.91. The summed E-state index contributed by atoms with van der Waals surface area (Å²) in [6.45, 7) is 12.3. The number of rotatable bonds is 6. The van der Waals surface area contributed by atoms with Crippen molar-refractivity contribution >= 4 is 0 Å². The van der Waals surface area contributed by atoms with Gasteiger partial charge in [-0.3, -0.25) is 5.32 Å². The van der Waals surface area contributed by atoms with Gasteiger partial charge in [-0.2, -0.15) is 5.26 Å². The smallest absolute Gasteiger partial charge is 0.0967 e. The van der Waals surface area contributed by atoms with Gasteiger partial charge in [-0.1, -0.05) is 13.8 Å². The van der Waals surface area contributed by atoms with Crippen LogP contribution in [0.4, 0.5) is 0 Å². The summed E-state index contributed by atoms with van der Waals surface area (Å²) in [5, 5.41) is 12.4. The van der Waals surface area contributed by atoms with Crippen LogP contribution in [0.15, 0.2) is 0 Å². The summed E-state index contributed by atoms with van der Waals surface area (Å²) < 4.78 is 0. The van der Waals surface area contributed by atoms with E-state index in [2.05, 4.69) is 44.0 Å². The Morgan fingerprint density at radius 1 is 1.22 bits per heavy atom. The van der Waals surface area contributed by atoms with E-state index >= 15 is 0 Å². The first-order chi connectivity index (χ1) is 8.52. The van der Waals surface area contributed by atoms with Gasteiger partial charge in [0.1, 0.15) is 0 Å². The second-order valence-electron chi connectivity index (χ2n) is 6.21. The average molecular weight is 251 g/mol. The largest absolute Gasteiger partial charge is 0.303 e. The fourth-order valence-electron chi connectivity index (χ4n) is 2.74. The van der Waals surface area contributed by atoms with Crippen molar-refractivity contribution in [3.63, 3.8) is 0 Å². The summed E-state index contributed by atoms with van der Waals surface area (Å²) in [5.74, 6) is 1.73. The van der Waals surface area contributed by atoms with E-state index < -0.39 is 0 Å². The van der Waals surface area contributed by atoms with Crippen LogP contribution in [0, 0.1) is 23.2 Å². The number of nitrogens with zero attached hydrogens (tertiary/aromatic N) is 2. The maximum Gasteiger partial charge on any atom is 0.0967 e. The van der Waals surface area contributed by atoms with Crippen LogP contribution in [0.25, 0.3) is 0 Å². The Hall–Kier alpha value is -0.590. The van der Waals surface area contributed by atoms with Crippen molar-refractivity contribution in [1.29, 1.82) is 5.26 Å². The molecule has 104 valence electrons. The molecule has 0 aromatic rings. The molecule has 0 aliphatic carbocycles. The monoisotopic (exact) mass is 251 g/mol. The Kier molecular flexibility index (Phi) is 6.67. The topological polar surface area (TPSA) is 39.1 Å². The molecule has 1 saturated heterocycles. The molecule has 0 aromatic heterocycles. The molecule has 0 spiro atoms. The van der Waals surface area contributed by atoms with Gasteiger partial charge in [0.15, 0.2) is 0 Å². The van der Waals surface area contributed by atoms with Crippen LogP contribution in [0.2, 0.25) is 0 Å². The SMILES string of the molecule is CC(C)NC(C#N)CCN1CCC(C(C)C)CC1. The molecule has 0 aromatic carbocycles. The van der Waals surface area contributed by atoms with Crippen molar-refractivity contribution < 1.29 is 0 Å². The summed E-state index contributed by atoms with van der Waals surface area (Å²) in [6, 6.07) is 2.76. The predicted molar refractivity (Wildman–Crippen MR) is 76.3 cm³/mol. The molecule has 0 amide bonds. The summed E-state index contributed by atoms with van der Waals surface area (Å²) in [5.41, 5.74) is 0. The molecule has 1 rings (SSSR count). The van der Waals surface area contributed by atoms with E-state index in [9.17, 15) is 0 Å². The van der Waals surface area contributed by atoms with E-state index in [1.165, 1.54) is 25.9 Å². The molecule has 1 aliphatic heterocycles. The van der Waals surface area contributed by atoms with Crippen LogP contribution in [-0.4, -0.2) is 36.6 Å². The second kappa shape index (κ2) is 7.76. The molecule has 18 heavy (non-hydrogen) atoms. The van der Waals surface area contributed by atoms with Crippen LogP contribution < -0.4 is 5.32 Å². The zero-order chi connectivity index (χ0) is 13.5. The van der Waals surface area contributed by atoms with E-state index in [0.717, 1.165) is 24.8 Å². The number of hydrogen-bond donors (Lipinski definition) is 1. The van der Waals surface area contributed by atoms with Gasteiger partial charge < -0.3 is 4.90 Å². The molecule has 0 saturated carbocycles. The molecule has 1 fully saturated rings. The van der Waals surface area contributed by atoms with Gasteiger partial charge in [0, 0.05) is 12.6 Å². The fourth-order valence-corrected chi connectivity index (χ4v) is 2.74. The van der Waals surface area contributed by atoms with Crippen LogP contribution >= 0.6 is 0 Å². The molecule has 0 bridgehead atoms. The standard InChI is InChI=1S/C15H29N3/c1-12(2)14-5-8-18(9-6-14)10-7-15(11-16)17-13(3)4/h12-15,17H,5-10H2,1-4H3. The quantitative estimate of drug-likeness (QED) is 0.789. The minimum atomic E-state index is 0.00724. The maximum atomic E-state index is 9.09. The van der Waals surface area contributed by atoms with Crippen LogP contribution in [-0.2, 0) is 0 Å². The van der Waals surface area contributed by atoms with E-state index in [0.29, 0.717) is 6.04 Å². The lowest BCUT2D eigenvalue weighted by molar-refractivity contribution is 0.154. The molecular weight excluding hydrogens is 222 g/mol. The van der Waals surface area contributed by atoms with Gasteiger partial charge in [-0.15, -0.1) is 0 Å².